The van der Waals surface area contributed by atoms with Crippen LogP contribution >= 0.6 is 0 Å². The van der Waals surface area contributed by atoms with Crippen molar-refractivity contribution in [3.05, 3.63) is 107 Å². The number of aromatic amines is 1. The molecular weight excluding hydrogens is 548 g/mol. The molecule has 1 saturated heterocycles. The fourth-order valence-corrected chi connectivity index (χ4v) is 6.12. The maximum Gasteiger partial charge on any atom is 0.408 e. The van der Waals surface area contributed by atoms with Crippen LogP contribution in [0, 0.1) is 0 Å². The summed E-state index contributed by atoms with van der Waals surface area (Å²) in [7, 11) is 1.28. The fourth-order valence-electron chi connectivity index (χ4n) is 6.12. The number of hydrogen-bond acceptors (Lipinski definition) is 6. The zero-order valence-electron chi connectivity index (χ0n) is 23.6. The first-order valence-electron chi connectivity index (χ1n) is 14.2. The van der Waals surface area contributed by atoms with Gasteiger partial charge in [-0.15, -0.1) is 0 Å². The normalized spacial score (nSPS) is 19.7. The van der Waals surface area contributed by atoms with Crippen molar-refractivity contribution in [2.45, 2.75) is 50.0 Å². The lowest BCUT2D eigenvalue weighted by Gasteiger charge is -2.37. The van der Waals surface area contributed by atoms with E-state index >= 15 is 0 Å². The highest BCUT2D eigenvalue weighted by atomic mass is 16.5. The average Bonchev–Trinajstić information content (AvgIpc) is 3.57. The van der Waals surface area contributed by atoms with Gasteiger partial charge in [-0.25, -0.2) is 9.59 Å². The Morgan fingerprint density at radius 1 is 0.953 bits per heavy atom. The number of para-hydroxylation sites is 1. The minimum absolute atomic E-state index is 0.0637. The third-order valence-corrected chi connectivity index (χ3v) is 8.15. The van der Waals surface area contributed by atoms with E-state index in [-0.39, 0.29) is 31.8 Å². The summed E-state index contributed by atoms with van der Waals surface area (Å²) in [5, 5.41) is 6.53. The molecule has 3 heterocycles. The molecule has 6 rings (SSSR count). The quantitative estimate of drug-likeness (QED) is 0.273. The number of hydrogen-bond donors (Lipinski definition) is 3. The molecule has 3 N–H and O–H groups in total. The number of amides is 3. The van der Waals surface area contributed by atoms with Crippen LogP contribution in [0.5, 0.6) is 0 Å². The van der Waals surface area contributed by atoms with Crippen LogP contribution in [0.4, 0.5) is 4.79 Å². The van der Waals surface area contributed by atoms with Crippen molar-refractivity contribution < 1.29 is 28.7 Å². The fraction of sp³-hybridized carbons (Fsp3) is 0.273. The second kappa shape index (κ2) is 12.0. The lowest BCUT2D eigenvalue weighted by molar-refractivity contribution is -0.147. The van der Waals surface area contributed by atoms with Gasteiger partial charge in [0.05, 0.1) is 13.2 Å². The van der Waals surface area contributed by atoms with E-state index < -0.39 is 42.1 Å². The number of aromatic nitrogens is 1. The molecule has 220 valence electrons. The first-order chi connectivity index (χ1) is 20.9. The van der Waals surface area contributed by atoms with Gasteiger partial charge in [0.25, 0.3) is 0 Å². The summed E-state index contributed by atoms with van der Waals surface area (Å²) >= 11 is 0. The zero-order valence-corrected chi connectivity index (χ0v) is 23.6. The molecule has 10 nitrogen and oxygen atoms in total. The first kappa shape index (κ1) is 28.0. The van der Waals surface area contributed by atoms with E-state index in [9.17, 15) is 19.2 Å². The molecule has 10 heteroatoms. The van der Waals surface area contributed by atoms with Crippen molar-refractivity contribution in [2.24, 2.45) is 0 Å². The van der Waals surface area contributed by atoms with Gasteiger partial charge in [0.15, 0.2) is 0 Å². The van der Waals surface area contributed by atoms with Gasteiger partial charge in [-0.05, 0) is 22.8 Å². The number of nitrogens with zero attached hydrogens (tertiary/aromatic N) is 1. The van der Waals surface area contributed by atoms with Crippen LogP contribution in [0.15, 0.2) is 84.9 Å². The molecule has 1 fully saturated rings. The van der Waals surface area contributed by atoms with Crippen LogP contribution in [0.2, 0.25) is 0 Å². The van der Waals surface area contributed by atoms with Crippen molar-refractivity contribution in [2.75, 3.05) is 7.11 Å². The summed E-state index contributed by atoms with van der Waals surface area (Å²) in [4.78, 5) is 58.2. The smallest absolute Gasteiger partial charge is 0.408 e. The van der Waals surface area contributed by atoms with Gasteiger partial charge in [0.2, 0.25) is 11.8 Å². The Kier molecular flexibility index (Phi) is 7.83. The van der Waals surface area contributed by atoms with E-state index in [0.29, 0.717) is 0 Å². The predicted molar refractivity (Wildman–Crippen MR) is 158 cm³/mol. The highest BCUT2D eigenvalue weighted by molar-refractivity contribution is 5.97. The average molecular weight is 581 g/mol. The SMILES string of the molecule is COC(=O)[C@@H](Cc1ccccc1)NC(=O)[C@H]1Cc2c([nH]c3ccccc23)[C@@H]2C[C@@H](NC(=O)OCc3ccccc3)C(=O)N12. The van der Waals surface area contributed by atoms with Crippen molar-refractivity contribution in [3.8, 4) is 0 Å². The second-order valence-corrected chi connectivity index (χ2v) is 10.8. The number of ether oxygens (including phenoxy) is 2. The van der Waals surface area contributed by atoms with Crippen LogP contribution in [0.3, 0.4) is 0 Å². The van der Waals surface area contributed by atoms with E-state index in [4.69, 9.17) is 9.47 Å². The summed E-state index contributed by atoms with van der Waals surface area (Å²) in [5.41, 5.74) is 4.36. The highest BCUT2D eigenvalue weighted by Gasteiger charge is 2.51. The number of H-pyrrole nitrogens is 1. The molecule has 2 aliphatic rings. The molecule has 3 amide bonds. The molecule has 0 saturated carbocycles. The summed E-state index contributed by atoms with van der Waals surface area (Å²) in [6, 6.07) is 23.1. The topological polar surface area (TPSA) is 130 Å². The summed E-state index contributed by atoms with van der Waals surface area (Å²) in [6.45, 7) is 0.0637. The molecule has 43 heavy (non-hydrogen) atoms. The Balaban J connectivity index is 1.26. The van der Waals surface area contributed by atoms with Crippen LogP contribution in [0.25, 0.3) is 10.9 Å². The molecule has 4 atom stereocenters. The molecule has 4 aromatic rings. The van der Waals surface area contributed by atoms with Crippen molar-refractivity contribution in [3.63, 3.8) is 0 Å². The monoisotopic (exact) mass is 580 g/mol. The van der Waals surface area contributed by atoms with E-state index in [1.807, 2.05) is 84.9 Å². The van der Waals surface area contributed by atoms with Crippen LogP contribution < -0.4 is 10.6 Å². The Morgan fingerprint density at radius 2 is 1.63 bits per heavy atom. The minimum atomic E-state index is -0.942. The number of alkyl carbamates (subject to hydrolysis) is 1. The highest BCUT2D eigenvalue weighted by Crippen LogP contribution is 2.43. The van der Waals surface area contributed by atoms with E-state index in [1.165, 1.54) is 12.0 Å². The number of rotatable bonds is 8. The van der Waals surface area contributed by atoms with Crippen LogP contribution in [-0.2, 0) is 43.3 Å². The molecule has 0 aliphatic carbocycles. The van der Waals surface area contributed by atoms with E-state index in [1.54, 1.807) is 0 Å². The first-order valence-corrected chi connectivity index (χ1v) is 14.2. The number of carbonyl (C=O) groups is 4. The minimum Gasteiger partial charge on any atom is -0.467 e. The zero-order chi connectivity index (χ0) is 29.9. The Morgan fingerprint density at radius 3 is 2.35 bits per heavy atom. The van der Waals surface area contributed by atoms with Gasteiger partial charge in [0, 0.05) is 35.9 Å². The molecule has 0 radical (unpaired) electrons. The van der Waals surface area contributed by atoms with Crippen molar-refractivity contribution in [1.29, 1.82) is 0 Å². The number of fused-ring (bicyclic) bond motifs is 5. The molecular formula is C33H32N4O6. The van der Waals surface area contributed by atoms with Gasteiger partial charge >= 0.3 is 12.1 Å². The Bertz CT molecular complexity index is 1650. The maximum absolute atomic E-state index is 13.9. The third-order valence-electron chi connectivity index (χ3n) is 8.15. The largest absolute Gasteiger partial charge is 0.467 e. The molecule has 0 bridgehead atoms. The summed E-state index contributed by atoms with van der Waals surface area (Å²) in [5.74, 6) is -1.43. The van der Waals surface area contributed by atoms with Crippen molar-refractivity contribution in [1.82, 2.24) is 20.5 Å². The van der Waals surface area contributed by atoms with Gasteiger partial charge in [-0.2, -0.15) is 0 Å². The molecule has 0 unspecified atom stereocenters. The number of nitrogens with one attached hydrogen (secondary N) is 3. The Labute approximate surface area is 248 Å². The number of benzene rings is 3. The van der Waals surface area contributed by atoms with Gasteiger partial charge in [-0.1, -0.05) is 78.9 Å². The molecule has 0 spiro atoms. The van der Waals surface area contributed by atoms with Crippen LogP contribution in [-0.4, -0.2) is 59.0 Å². The summed E-state index contributed by atoms with van der Waals surface area (Å²) < 4.78 is 10.4. The standard InChI is InChI=1S/C33H32N4O6/c1-42-32(40)26(16-20-10-4-2-5-11-20)35-30(38)28-17-23-22-14-8-9-15-24(22)34-29(23)27-18-25(31(39)37(27)28)36-33(41)43-19-21-12-6-3-7-13-21/h2-15,25-28,34H,16-19H2,1H3,(H,35,38)(H,36,41)/t25-,26-,27+,28-/m1/s1. The third kappa shape index (κ3) is 5.68. The van der Waals surface area contributed by atoms with Crippen molar-refractivity contribution >= 4 is 34.8 Å². The van der Waals surface area contributed by atoms with E-state index in [0.717, 1.165) is 33.3 Å². The van der Waals surface area contributed by atoms with Gasteiger partial charge < -0.3 is 30.0 Å². The molecule has 3 aromatic carbocycles. The van der Waals surface area contributed by atoms with Crippen LogP contribution in [0.1, 0.15) is 34.8 Å². The number of methoxy groups -OCH3 is 1. The lowest BCUT2D eigenvalue weighted by Crippen LogP contribution is -2.56. The molecule has 2 aliphatic heterocycles. The van der Waals surface area contributed by atoms with Gasteiger partial charge in [0.1, 0.15) is 24.7 Å². The number of esters is 1. The maximum atomic E-state index is 13.9. The molecule has 1 aromatic heterocycles. The lowest BCUT2D eigenvalue weighted by atomic mass is 9.91. The van der Waals surface area contributed by atoms with E-state index in [2.05, 4.69) is 15.6 Å². The number of carbonyl (C=O) groups excluding carboxylic acids is 4. The van der Waals surface area contributed by atoms with Gasteiger partial charge in [-0.3, -0.25) is 9.59 Å². The summed E-state index contributed by atoms with van der Waals surface area (Å²) in [6.07, 6.45) is 0.0260. The predicted octanol–water partition coefficient (Wildman–Crippen LogP) is 3.56. The Hall–Kier alpha value is -5.12. The second-order valence-electron chi connectivity index (χ2n) is 10.8.